The van der Waals surface area contributed by atoms with Gasteiger partial charge < -0.3 is 19.3 Å². The summed E-state index contributed by atoms with van der Waals surface area (Å²) in [6.45, 7) is 2.01. The number of carbonyl (C=O) groups excluding carboxylic acids is 2. The number of carbonyl (C=O) groups is 3. The molecule has 0 saturated carbocycles. The number of amides is 2. The second-order valence-electron chi connectivity index (χ2n) is 5.12. The highest BCUT2D eigenvalue weighted by Crippen LogP contribution is 2.37. The van der Waals surface area contributed by atoms with Gasteiger partial charge in [0.1, 0.15) is 0 Å². The standard InChI is InChI=1S/C17H19NO7S/c1-3-24-12-6-4-5-11(15(12)25-10-14(19)20)9-13-16(21)18(7-8-23-2)17(22)26-13/h4-6,9H,3,7-8,10H2,1-2H3,(H,19,20)/b13-9-. The van der Waals surface area contributed by atoms with Gasteiger partial charge in [0.25, 0.3) is 11.1 Å². The molecule has 1 heterocycles. The van der Waals surface area contributed by atoms with E-state index in [1.54, 1.807) is 25.1 Å². The summed E-state index contributed by atoms with van der Waals surface area (Å²) < 4.78 is 15.7. The number of hydrogen-bond acceptors (Lipinski definition) is 7. The summed E-state index contributed by atoms with van der Waals surface area (Å²) in [6, 6.07) is 4.99. The summed E-state index contributed by atoms with van der Waals surface area (Å²) in [5.41, 5.74) is 0.453. The number of aliphatic carboxylic acids is 1. The largest absolute Gasteiger partial charge is 0.490 e. The Morgan fingerprint density at radius 1 is 1.31 bits per heavy atom. The highest BCUT2D eigenvalue weighted by atomic mass is 32.2. The zero-order chi connectivity index (χ0) is 19.1. The highest BCUT2D eigenvalue weighted by Gasteiger charge is 2.34. The van der Waals surface area contributed by atoms with Crippen LogP contribution in [-0.2, 0) is 14.3 Å². The van der Waals surface area contributed by atoms with Crippen LogP contribution in [0.4, 0.5) is 4.79 Å². The number of hydrogen-bond donors (Lipinski definition) is 1. The van der Waals surface area contributed by atoms with Crippen LogP contribution < -0.4 is 9.47 Å². The summed E-state index contributed by atoms with van der Waals surface area (Å²) >= 11 is 0.810. The molecule has 1 aliphatic rings. The van der Waals surface area contributed by atoms with Crippen molar-refractivity contribution < 1.29 is 33.7 Å². The Hall–Kier alpha value is -2.52. The number of imide groups is 1. The Balaban J connectivity index is 2.33. The maximum Gasteiger partial charge on any atom is 0.341 e. The van der Waals surface area contributed by atoms with Crippen LogP contribution in [0.3, 0.4) is 0 Å². The number of para-hydroxylation sites is 1. The zero-order valence-corrected chi connectivity index (χ0v) is 15.2. The maximum atomic E-state index is 12.4. The number of nitrogens with zero attached hydrogens (tertiary/aromatic N) is 1. The van der Waals surface area contributed by atoms with Gasteiger partial charge in [-0.15, -0.1) is 0 Å². The van der Waals surface area contributed by atoms with Crippen molar-refractivity contribution >= 4 is 35.0 Å². The monoisotopic (exact) mass is 381 g/mol. The summed E-state index contributed by atoms with van der Waals surface area (Å²) in [5, 5.41) is 8.48. The smallest absolute Gasteiger partial charge is 0.341 e. The normalized spacial score (nSPS) is 15.6. The fourth-order valence-corrected chi connectivity index (χ4v) is 3.08. The average Bonchev–Trinajstić information content (AvgIpc) is 2.86. The lowest BCUT2D eigenvalue weighted by molar-refractivity contribution is -0.139. The van der Waals surface area contributed by atoms with E-state index >= 15 is 0 Å². The van der Waals surface area contributed by atoms with Crippen LogP contribution in [-0.4, -0.2) is 60.6 Å². The van der Waals surface area contributed by atoms with Gasteiger partial charge in [-0.1, -0.05) is 12.1 Å². The number of methoxy groups -OCH3 is 1. The van der Waals surface area contributed by atoms with Crippen molar-refractivity contribution in [1.82, 2.24) is 4.90 Å². The lowest BCUT2D eigenvalue weighted by Crippen LogP contribution is -2.31. The van der Waals surface area contributed by atoms with E-state index in [-0.39, 0.29) is 29.0 Å². The predicted molar refractivity (Wildman–Crippen MR) is 95.3 cm³/mol. The molecule has 1 N–H and O–H groups in total. The van der Waals surface area contributed by atoms with Crippen molar-refractivity contribution in [2.24, 2.45) is 0 Å². The third-order valence-corrected chi connectivity index (χ3v) is 4.24. The minimum atomic E-state index is -1.14. The lowest BCUT2D eigenvalue weighted by atomic mass is 10.1. The molecule has 9 heteroatoms. The third-order valence-electron chi connectivity index (χ3n) is 3.33. The molecule has 1 fully saturated rings. The van der Waals surface area contributed by atoms with Crippen molar-refractivity contribution in [1.29, 1.82) is 0 Å². The van der Waals surface area contributed by atoms with Gasteiger partial charge in [-0.2, -0.15) is 0 Å². The van der Waals surface area contributed by atoms with Crippen LogP contribution >= 0.6 is 11.8 Å². The first-order valence-electron chi connectivity index (χ1n) is 7.82. The topological polar surface area (TPSA) is 102 Å². The first kappa shape index (κ1) is 19.8. The van der Waals surface area contributed by atoms with Gasteiger partial charge in [-0.25, -0.2) is 4.79 Å². The van der Waals surface area contributed by atoms with E-state index in [0.29, 0.717) is 17.9 Å². The number of benzene rings is 1. The molecule has 1 aromatic carbocycles. The minimum absolute atomic E-state index is 0.167. The van der Waals surface area contributed by atoms with Crippen LogP contribution in [0, 0.1) is 0 Å². The number of carboxylic acid groups (broad SMARTS) is 1. The van der Waals surface area contributed by atoms with E-state index in [9.17, 15) is 14.4 Å². The Morgan fingerprint density at radius 2 is 2.08 bits per heavy atom. The molecular formula is C17H19NO7S. The molecule has 26 heavy (non-hydrogen) atoms. The van der Waals surface area contributed by atoms with Crippen LogP contribution in [0.15, 0.2) is 23.1 Å². The Morgan fingerprint density at radius 3 is 2.73 bits per heavy atom. The number of carboxylic acids is 1. The van der Waals surface area contributed by atoms with Crippen molar-refractivity contribution in [3.8, 4) is 11.5 Å². The first-order chi connectivity index (χ1) is 12.5. The van der Waals surface area contributed by atoms with Crippen LogP contribution in [0.2, 0.25) is 0 Å². The third kappa shape index (κ3) is 4.77. The van der Waals surface area contributed by atoms with E-state index in [2.05, 4.69) is 0 Å². The number of rotatable bonds is 9. The second-order valence-corrected chi connectivity index (χ2v) is 6.11. The molecule has 140 valence electrons. The zero-order valence-electron chi connectivity index (χ0n) is 14.4. The van der Waals surface area contributed by atoms with E-state index < -0.39 is 18.5 Å². The lowest BCUT2D eigenvalue weighted by Gasteiger charge is -2.13. The molecule has 1 saturated heterocycles. The Labute approximate surface area is 154 Å². The summed E-state index contributed by atoms with van der Waals surface area (Å²) in [4.78, 5) is 36.6. The van der Waals surface area contributed by atoms with Gasteiger partial charge >= 0.3 is 5.97 Å². The van der Waals surface area contributed by atoms with Gasteiger partial charge in [0.15, 0.2) is 18.1 Å². The second kappa shape index (κ2) is 9.25. The van der Waals surface area contributed by atoms with Gasteiger partial charge in [0.2, 0.25) is 0 Å². The molecule has 1 aromatic rings. The fourth-order valence-electron chi connectivity index (χ4n) is 2.22. The van der Waals surface area contributed by atoms with Gasteiger partial charge in [0.05, 0.1) is 24.7 Å². The van der Waals surface area contributed by atoms with Crippen molar-refractivity contribution in [2.75, 3.05) is 33.5 Å². The Kier molecular flexibility index (Phi) is 7.05. The molecule has 0 aliphatic carbocycles. The summed E-state index contributed by atoms with van der Waals surface area (Å²) in [5.74, 6) is -0.994. The van der Waals surface area contributed by atoms with E-state index in [0.717, 1.165) is 16.7 Å². The molecule has 0 aromatic heterocycles. The van der Waals surface area contributed by atoms with E-state index in [1.165, 1.54) is 13.2 Å². The molecule has 0 spiro atoms. The maximum absolute atomic E-state index is 12.4. The van der Waals surface area contributed by atoms with E-state index in [4.69, 9.17) is 19.3 Å². The molecule has 0 bridgehead atoms. The van der Waals surface area contributed by atoms with Gasteiger partial charge in [-0.05, 0) is 30.8 Å². The van der Waals surface area contributed by atoms with Crippen LogP contribution in [0.5, 0.6) is 11.5 Å². The fraction of sp³-hybridized carbons (Fsp3) is 0.353. The molecule has 0 atom stereocenters. The van der Waals surface area contributed by atoms with E-state index in [1.807, 2.05) is 0 Å². The molecule has 0 radical (unpaired) electrons. The molecule has 2 amide bonds. The summed E-state index contributed by atoms with van der Waals surface area (Å²) in [6.07, 6.45) is 1.50. The van der Waals surface area contributed by atoms with Crippen molar-refractivity contribution in [3.63, 3.8) is 0 Å². The minimum Gasteiger partial charge on any atom is -0.490 e. The van der Waals surface area contributed by atoms with Crippen molar-refractivity contribution in [2.45, 2.75) is 6.92 Å². The quantitative estimate of drug-likeness (QED) is 0.650. The highest BCUT2D eigenvalue weighted by molar-refractivity contribution is 8.18. The van der Waals surface area contributed by atoms with Crippen molar-refractivity contribution in [3.05, 3.63) is 28.7 Å². The molecule has 2 rings (SSSR count). The average molecular weight is 381 g/mol. The molecule has 1 aliphatic heterocycles. The predicted octanol–water partition coefficient (Wildman–Crippen LogP) is 2.23. The summed E-state index contributed by atoms with van der Waals surface area (Å²) in [7, 11) is 1.49. The van der Waals surface area contributed by atoms with Gasteiger partial charge in [-0.3, -0.25) is 14.5 Å². The van der Waals surface area contributed by atoms with Crippen LogP contribution in [0.1, 0.15) is 12.5 Å². The Bertz CT molecular complexity index is 732. The molecular weight excluding hydrogens is 362 g/mol. The molecule has 8 nitrogen and oxygen atoms in total. The molecule has 0 unspecified atom stereocenters. The number of ether oxygens (including phenoxy) is 3. The number of thioether (sulfide) groups is 1. The van der Waals surface area contributed by atoms with Gasteiger partial charge in [0, 0.05) is 12.7 Å². The van der Waals surface area contributed by atoms with Crippen LogP contribution in [0.25, 0.3) is 6.08 Å². The SMILES string of the molecule is CCOc1cccc(/C=C2\SC(=O)N(CCOC)C2=O)c1OCC(=O)O. The first-order valence-corrected chi connectivity index (χ1v) is 8.64.